The molecule has 5 heteroatoms. The quantitative estimate of drug-likeness (QED) is 0.179. The first kappa shape index (κ1) is 29.6. The lowest BCUT2D eigenvalue weighted by Crippen LogP contribution is -2.14. The van der Waals surface area contributed by atoms with Crippen molar-refractivity contribution in [2.75, 3.05) is 0 Å². The van der Waals surface area contributed by atoms with E-state index in [4.69, 9.17) is 24.9 Å². The third-order valence-electron chi connectivity index (χ3n) is 8.87. The van der Waals surface area contributed by atoms with E-state index in [1.54, 1.807) is 0 Å². The second-order valence-corrected chi connectivity index (χ2v) is 13.3. The molecule has 0 N–H and O–H groups in total. The normalized spacial score (nSPS) is 13.2. The van der Waals surface area contributed by atoms with Crippen molar-refractivity contribution < 1.29 is 0 Å². The van der Waals surface area contributed by atoms with Crippen molar-refractivity contribution in [1.29, 1.82) is 0 Å². The van der Waals surface area contributed by atoms with Crippen LogP contribution in [-0.4, -0.2) is 24.9 Å². The van der Waals surface area contributed by atoms with Gasteiger partial charge in [0.2, 0.25) is 0 Å². The van der Waals surface area contributed by atoms with Crippen LogP contribution in [0.3, 0.4) is 0 Å². The van der Waals surface area contributed by atoms with E-state index in [2.05, 4.69) is 112 Å². The molecule has 48 heavy (non-hydrogen) atoms. The molecule has 0 amide bonds. The highest BCUT2D eigenvalue weighted by molar-refractivity contribution is 6.08. The molecule has 1 aliphatic rings. The van der Waals surface area contributed by atoms with Crippen LogP contribution in [-0.2, 0) is 5.41 Å². The molecule has 7 aromatic rings. The minimum Gasteiger partial charge on any atom is -0.254 e. The molecule has 0 spiro atoms. The van der Waals surface area contributed by atoms with E-state index in [0.29, 0.717) is 17.5 Å². The Labute approximate surface area is 280 Å². The Morgan fingerprint density at radius 3 is 1.98 bits per heavy atom. The minimum atomic E-state index is -0.128. The van der Waals surface area contributed by atoms with E-state index in [1.165, 1.54) is 0 Å². The average Bonchev–Trinajstić information content (AvgIpc) is 3.14. The van der Waals surface area contributed by atoms with Gasteiger partial charge in [0.15, 0.2) is 17.5 Å². The Kier molecular flexibility index (Phi) is 7.45. The average molecular weight is 622 g/mol. The van der Waals surface area contributed by atoms with Crippen LogP contribution in [0.25, 0.3) is 72.4 Å². The molecule has 3 aromatic heterocycles. The fraction of sp³-hybridized carbons (Fsp3) is 0.140. The largest absolute Gasteiger partial charge is 0.254 e. The highest BCUT2D eigenvalue weighted by Gasteiger charge is 2.20. The van der Waals surface area contributed by atoms with Crippen molar-refractivity contribution in [2.24, 2.45) is 0 Å². The van der Waals surface area contributed by atoms with Gasteiger partial charge in [0.1, 0.15) is 0 Å². The van der Waals surface area contributed by atoms with Crippen molar-refractivity contribution in [1.82, 2.24) is 24.9 Å². The van der Waals surface area contributed by atoms with Crippen molar-refractivity contribution in [3.8, 4) is 45.0 Å². The summed E-state index contributed by atoms with van der Waals surface area (Å²) < 4.78 is 0. The highest BCUT2D eigenvalue weighted by Crippen LogP contribution is 2.37. The van der Waals surface area contributed by atoms with Gasteiger partial charge in [0.05, 0.1) is 11.0 Å². The van der Waals surface area contributed by atoms with Gasteiger partial charge < -0.3 is 0 Å². The molecule has 0 bridgehead atoms. The first-order valence-corrected chi connectivity index (χ1v) is 16.5. The van der Waals surface area contributed by atoms with Gasteiger partial charge >= 0.3 is 0 Å². The van der Waals surface area contributed by atoms with Gasteiger partial charge in [-0.1, -0.05) is 124 Å². The maximum absolute atomic E-state index is 5.17. The zero-order chi connectivity index (χ0) is 32.7. The number of allylic oxidation sites excluding steroid dienone is 4. The van der Waals surface area contributed by atoms with Gasteiger partial charge in [-0.05, 0) is 59.4 Å². The number of aromatic nitrogens is 5. The fourth-order valence-electron chi connectivity index (χ4n) is 6.28. The van der Waals surface area contributed by atoms with Crippen molar-refractivity contribution >= 4 is 27.4 Å². The number of benzene rings is 4. The SMILES string of the molecule is CC(C)(C)c1cc(-c2cccc(-c3cccc(-c4nc(C5=CCCC=C5)nc(-c5ccccc5)n4)c3)c2)c2ccc3cccnc3c2n1. The summed E-state index contributed by atoms with van der Waals surface area (Å²) in [5.41, 5.74) is 10.2. The van der Waals surface area contributed by atoms with Gasteiger partial charge in [-0.2, -0.15) is 0 Å². The predicted molar refractivity (Wildman–Crippen MR) is 197 cm³/mol. The van der Waals surface area contributed by atoms with Crippen LogP contribution < -0.4 is 0 Å². The topological polar surface area (TPSA) is 64.5 Å². The molecule has 8 rings (SSSR count). The van der Waals surface area contributed by atoms with Crippen LogP contribution in [0.15, 0.2) is 134 Å². The molecular formula is C43H35N5. The number of fused-ring (bicyclic) bond motifs is 3. The zero-order valence-electron chi connectivity index (χ0n) is 27.4. The summed E-state index contributed by atoms with van der Waals surface area (Å²) >= 11 is 0. The Bertz CT molecular complexity index is 2380. The molecule has 0 aliphatic heterocycles. The van der Waals surface area contributed by atoms with Crippen LogP contribution >= 0.6 is 0 Å². The minimum absolute atomic E-state index is 0.128. The number of rotatable bonds is 5. The van der Waals surface area contributed by atoms with E-state index >= 15 is 0 Å². The maximum atomic E-state index is 5.17. The van der Waals surface area contributed by atoms with Gasteiger partial charge in [0.25, 0.3) is 0 Å². The first-order chi connectivity index (χ1) is 23.4. The third kappa shape index (κ3) is 5.69. The van der Waals surface area contributed by atoms with Gasteiger partial charge in [0, 0.05) is 44.8 Å². The van der Waals surface area contributed by atoms with Crippen LogP contribution in [0.2, 0.25) is 0 Å². The summed E-state index contributed by atoms with van der Waals surface area (Å²) in [5, 5.41) is 2.19. The van der Waals surface area contributed by atoms with Gasteiger partial charge in [-0.3, -0.25) is 4.98 Å². The van der Waals surface area contributed by atoms with E-state index < -0.39 is 0 Å². The Balaban J connectivity index is 1.25. The standard InChI is InChI=1S/C43H35N5/c1-43(2,3)37-27-36(35-23-22-28-21-12-24-44-38(28)39(35)45-37)33-19-10-17-31(25-33)32-18-11-20-34(26-32)42-47-40(29-13-6-4-7-14-29)46-41(48-42)30-15-8-5-9-16-30/h4,6-8,10-27H,5,9H2,1-3H3. The van der Waals surface area contributed by atoms with Crippen LogP contribution in [0.5, 0.6) is 0 Å². The Hall–Kier alpha value is -5.81. The zero-order valence-corrected chi connectivity index (χ0v) is 27.4. The van der Waals surface area contributed by atoms with E-state index in [9.17, 15) is 0 Å². The first-order valence-electron chi connectivity index (χ1n) is 16.5. The highest BCUT2D eigenvalue weighted by atomic mass is 15.0. The second kappa shape index (κ2) is 12.1. The van der Waals surface area contributed by atoms with Gasteiger partial charge in [-0.25, -0.2) is 19.9 Å². The van der Waals surface area contributed by atoms with Crippen LogP contribution in [0, 0.1) is 0 Å². The smallest absolute Gasteiger partial charge is 0.164 e. The molecule has 4 aromatic carbocycles. The van der Waals surface area contributed by atoms with E-state index in [0.717, 1.165) is 79.3 Å². The summed E-state index contributed by atoms with van der Waals surface area (Å²) in [6.07, 6.45) is 10.4. The van der Waals surface area contributed by atoms with Crippen molar-refractivity contribution in [3.05, 3.63) is 145 Å². The number of hydrogen-bond acceptors (Lipinski definition) is 5. The summed E-state index contributed by atoms with van der Waals surface area (Å²) in [7, 11) is 0. The number of pyridine rings is 2. The molecule has 1 aliphatic carbocycles. The van der Waals surface area contributed by atoms with Crippen LogP contribution in [0.1, 0.15) is 45.1 Å². The Morgan fingerprint density at radius 1 is 0.542 bits per heavy atom. The van der Waals surface area contributed by atoms with Gasteiger partial charge in [-0.15, -0.1) is 0 Å². The second-order valence-electron chi connectivity index (χ2n) is 13.3. The van der Waals surface area contributed by atoms with Crippen molar-refractivity contribution in [3.63, 3.8) is 0 Å². The fourth-order valence-corrected chi connectivity index (χ4v) is 6.28. The van der Waals surface area contributed by atoms with Crippen LogP contribution in [0.4, 0.5) is 0 Å². The molecule has 232 valence electrons. The van der Waals surface area contributed by atoms with E-state index in [1.807, 2.05) is 42.6 Å². The predicted octanol–water partition coefficient (Wildman–Crippen LogP) is 10.7. The lowest BCUT2D eigenvalue weighted by molar-refractivity contribution is 0.572. The molecule has 3 heterocycles. The summed E-state index contributed by atoms with van der Waals surface area (Å²) in [4.78, 5) is 24.8. The van der Waals surface area contributed by atoms with E-state index in [-0.39, 0.29) is 5.41 Å². The summed E-state index contributed by atoms with van der Waals surface area (Å²) in [5.74, 6) is 2.03. The summed E-state index contributed by atoms with van der Waals surface area (Å²) in [6, 6.07) is 38.0. The summed E-state index contributed by atoms with van der Waals surface area (Å²) in [6.45, 7) is 6.63. The lowest BCUT2D eigenvalue weighted by Gasteiger charge is -2.21. The molecule has 0 unspecified atom stereocenters. The lowest BCUT2D eigenvalue weighted by atomic mass is 9.87. The molecule has 0 fully saturated rings. The molecule has 0 atom stereocenters. The molecule has 5 nitrogen and oxygen atoms in total. The number of hydrogen-bond donors (Lipinski definition) is 0. The molecule has 0 radical (unpaired) electrons. The monoisotopic (exact) mass is 621 g/mol. The maximum Gasteiger partial charge on any atom is 0.164 e. The number of nitrogens with zero attached hydrogens (tertiary/aromatic N) is 5. The third-order valence-corrected chi connectivity index (χ3v) is 8.87. The Morgan fingerprint density at radius 2 is 1.23 bits per heavy atom. The van der Waals surface area contributed by atoms with Crippen molar-refractivity contribution in [2.45, 2.75) is 39.0 Å². The molecular weight excluding hydrogens is 587 g/mol. The molecule has 0 saturated heterocycles. The molecule has 0 saturated carbocycles.